The molecule has 5 heteroatoms. The lowest BCUT2D eigenvalue weighted by molar-refractivity contribution is 0.248. The predicted molar refractivity (Wildman–Crippen MR) is 97.6 cm³/mol. The molecule has 4 rings (SSSR count). The molecule has 24 heavy (non-hydrogen) atoms. The maximum atomic E-state index is 5.96. The SMILES string of the molecule is Clc1ccc(CN2CCN(c3ncc4c(n3)CCCC4)CC2)cc1. The zero-order valence-electron chi connectivity index (χ0n) is 13.9. The van der Waals surface area contributed by atoms with Gasteiger partial charge in [-0.05, 0) is 48.9 Å². The van der Waals surface area contributed by atoms with Crippen LogP contribution in [0.5, 0.6) is 0 Å². The monoisotopic (exact) mass is 342 g/mol. The second-order valence-corrected chi connectivity index (χ2v) is 7.18. The van der Waals surface area contributed by atoms with Crippen molar-refractivity contribution < 1.29 is 0 Å². The first-order valence-electron chi connectivity index (χ1n) is 8.84. The van der Waals surface area contributed by atoms with Gasteiger partial charge in [0.25, 0.3) is 0 Å². The topological polar surface area (TPSA) is 32.3 Å². The number of hydrogen-bond acceptors (Lipinski definition) is 4. The predicted octanol–water partition coefficient (Wildman–Crippen LogP) is 3.33. The molecule has 1 aromatic heterocycles. The third-order valence-corrected chi connectivity index (χ3v) is 5.28. The molecule has 4 nitrogen and oxygen atoms in total. The molecule has 1 fully saturated rings. The maximum Gasteiger partial charge on any atom is 0.225 e. The van der Waals surface area contributed by atoms with Gasteiger partial charge >= 0.3 is 0 Å². The summed E-state index contributed by atoms with van der Waals surface area (Å²) in [6.45, 7) is 5.06. The Morgan fingerprint density at radius 3 is 2.50 bits per heavy atom. The van der Waals surface area contributed by atoms with Crippen molar-refractivity contribution in [3.63, 3.8) is 0 Å². The Morgan fingerprint density at radius 2 is 1.71 bits per heavy atom. The molecule has 1 aliphatic carbocycles. The van der Waals surface area contributed by atoms with Gasteiger partial charge in [-0.1, -0.05) is 23.7 Å². The first-order chi connectivity index (χ1) is 11.8. The van der Waals surface area contributed by atoms with Crippen LogP contribution >= 0.6 is 11.6 Å². The van der Waals surface area contributed by atoms with Crippen LogP contribution in [0.4, 0.5) is 5.95 Å². The minimum absolute atomic E-state index is 0.799. The van der Waals surface area contributed by atoms with Gasteiger partial charge in [0, 0.05) is 49.6 Å². The number of fused-ring (bicyclic) bond motifs is 1. The molecule has 1 saturated heterocycles. The average Bonchev–Trinajstić information content (AvgIpc) is 2.64. The van der Waals surface area contributed by atoms with Crippen molar-refractivity contribution in [2.75, 3.05) is 31.1 Å². The van der Waals surface area contributed by atoms with Crippen molar-refractivity contribution >= 4 is 17.5 Å². The molecule has 1 aromatic carbocycles. The molecule has 2 aliphatic rings. The summed E-state index contributed by atoms with van der Waals surface area (Å²) in [7, 11) is 0. The van der Waals surface area contributed by atoms with E-state index in [2.05, 4.69) is 33.1 Å². The lowest BCUT2D eigenvalue weighted by atomic mass is 9.98. The van der Waals surface area contributed by atoms with Crippen molar-refractivity contribution in [2.24, 2.45) is 0 Å². The van der Waals surface area contributed by atoms with Crippen molar-refractivity contribution in [2.45, 2.75) is 32.2 Å². The smallest absolute Gasteiger partial charge is 0.225 e. The molecule has 0 amide bonds. The molecule has 0 saturated carbocycles. The van der Waals surface area contributed by atoms with E-state index in [-0.39, 0.29) is 0 Å². The summed E-state index contributed by atoms with van der Waals surface area (Å²) >= 11 is 5.96. The van der Waals surface area contributed by atoms with Crippen molar-refractivity contribution in [3.05, 3.63) is 52.3 Å². The fourth-order valence-electron chi connectivity index (χ4n) is 3.57. The fourth-order valence-corrected chi connectivity index (χ4v) is 3.70. The van der Waals surface area contributed by atoms with Crippen molar-refractivity contribution in [1.29, 1.82) is 0 Å². The number of benzene rings is 1. The second-order valence-electron chi connectivity index (χ2n) is 6.74. The van der Waals surface area contributed by atoms with Crippen LogP contribution in [0.2, 0.25) is 5.02 Å². The molecule has 0 N–H and O–H groups in total. The zero-order valence-corrected chi connectivity index (χ0v) is 14.7. The van der Waals surface area contributed by atoms with Crippen LogP contribution in [0.3, 0.4) is 0 Å². The van der Waals surface area contributed by atoms with E-state index in [1.807, 2.05) is 12.1 Å². The normalized spacial score (nSPS) is 18.5. The van der Waals surface area contributed by atoms with Gasteiger partial charge in [0.15, 0.2) is 0 Å². The van der Waals surface area contributed by atoms with Crippen molar-refractivity contribution in [1.82, 2.24) is 14.9 Å². The number of rotatable bonds is 3. The Bertz CT molecular complexity index is 693. The number of aryl methyl sites for hydroxylation is 2. The Morgan fingerprint density at radius 1 is 0.958 bits per heavy atom. The molecule has 1 aliphatic heterocycles. The highest BCUT2D eigenvalue weighted by Crippen LogP contribution is 2.21. The molecule has 126 valence electrons. The quantitative estimate of drug-likeness (QED) is 0.856. The first-order valence-corrected chi connectivity index (χ1v) is 9.22. The summed E-state index contributed by atoms with van der Waals surface area (Å²) < 4.78 is 0. The van der Waals surface area contributed by atoms with Crippen LogP contribution in [-0.2, 0) is 19.4 Å². The molecule has 2 heterocycles. The van der Waals surface area contributed by atoms with E-state index in [9.17, 15) is 0 Å². The average molecular weight is 343 g/mol. The van der Waals surface area contributed by atoms with Gasteiger partial charge in [-0.2, -0.15) is 0 Å². The van der Waals surface area contributed by atoms with E-state index in [0.29, 0.717) is 0 Å². The third kappa shape index (κ3) is 3.55. The van der Waals surface area contributed by atoms with E-state index >= 15 is 0 Å². The van der Waals surface area contributed by atoms with E-state index in [1.165, 1.54) is 29.7 Å². The molecule has 0 spiro atoms. The Labute approximate surface area is 148 Å². The van der Waals surface area contributed by atoms with Crippen LogP contribution in [0.1, 0.15) is 29.7 Å². The summed E-state index contributed by atoms with van der Waals surface area (Å²) in [6, 6.07) is 8.16. The molecule has 0 radical (unpaired) electrons. The second kappa shape index (κ2) is 7.08. The molecular formula is C19H23ClN4. The van der Waals surface area contributed by atoms with E-state index < -0.39 is 0 Å². The number of piperazine rings is 1. The van der Waals surface area contributed by atoms with Crippen LogP contribution in [-0.4, -0.2) is 41.0 Å². The van der Waals surface area contributed by atoms with Gasteiger partial charge in [0.05, 0.1) is 0 Å². The first kappa shape index (κ1) is 15.9. The molecular weight excluding hydrogens is 320 g/mol. The summed E-state index contributed by atoms with van der Waals surface area (Å²) in [5.74, 6) is 0.918. The highest BCUT2D eigenvalue weighted by atomic mass is 35.5. The number of nitrogens with zero attached hydrogens (tertiary/aromatic N) is 4. The van der Waals surface area contributed by atoms with Gasteiger partial charge in [0.2, 0.25) is 5.95 Å². The Hall–Kier alpha value is -1.65. The van der Waals surface area contributed by atoms with Gasteiger partial charge in [0.1, 0.15) is 0 Å². The van der Waals surface area contributed by atoms with Gasteiger partial charge in [-0.25, -0.2) is 9.97 Å². The third-order valence-electron chi connectivity index (χ3n) is 5.03. The lowest BCUT2D eigenvalue weighted by Gasteiger charge is -2.35. The highest BCUT2D eigenvalue weighted by Gasteiger charge is 2.20. The standard InChI is InChI=1S/C19H23ClN4/c20-17-7-5-15(6-8-17)14-23-9-11-24(12-10-23)19-21-13-16-3-1-2-4-18(16)22-19/h5-8,13H,1-4,9-12,14H2. The summed E-state index contributed by atoms with van der Waals surface area (Å²) in [6.07, 6.45) is 6.85. The Kier molecular flexibility index (Phi) is 4.67. The van der Waals surface area contributed by atoms with Crippen LogP contribution in [0.25, 0.3) is 0 Å². The number of aromatic nitrogens is 2. The summed E-state index contributed by atoms with van der Waals surface area (Å²) in [4.78, 5) is 14.3. The van der Waals surface area contributed by atoms with Gasteiger partial charge < -0.3 is 4.90 Å². The molecule has 0 bridgehead atoms. The van der Waals surface area contributed by atoms with Gasteiger partial charge in [-0.3, -0.25) is 4.90 Å². The summed E-state index contributed by atoms with van der Waals surface area (Å²) in [5, 5.41) is 0.799. The largest absolute Gasteiger partial charge is 0.338 e. The van der Waals surface area contributed by atoms with Crippen LogP contribution in [0.15, 0.2) is 30.5 Å². The number of halogens is 1. The van der Waals surface area contributed by atoms with Crippen LogP contribution in [0, 0.1) is 0 Å². The molecule has 2 aromatic rings. The van der Waals surface area contributed by atoms with E-state index in [1.54, 1.807) is 0 Å². The summed E-state index contributed by atoms with van der Waals surface area (Å²) in [5.41, 5.74) is 3.94. The minimum atomic E-state index is 0.799. The van der Waals surface area contributed by atoms with Crippen molar-refractivity contribution in [3.8, 4) is 0 Å². The lowest BCUT2D eigenvalue weighted by Crippen LogP contribution is -2.46. The molecule has 0 unspecified atom stereocenters. The zero-order chi connectivity index (χ0) is 16.4. The van der Waals surface area contributed by atoms with Crippen LogP contribution < -0.4 is 4.90 Å². The van der Waals surface area contributed by atoms with E-state index in [0.717, 1.165) is 56.5 Å². The maximum absolute atomic E-state index is 5.96. The molecule has 0 atom stereocenters. The highest BCUT2D eigenvalue weighted by molar-refractivity contribution is 6.30. The fraction of sp³-hybridized carbons (Fsp3) is 0.474. The minimum Gasteiger partial charge on any atom is -0.338 e. The van der Waals surface area contributed by atoms with Gasteiger partial charge in [-0.15, -0.1) is 0 Å². The van der Waals surface area contributed by atoms with E-state index in [4.69, 9.17) is 16.6 Å². The Balaban J connectivity index is 1.36. The number of anilines is 1. The number of hydrogen-bond donors (Lipinski definition) is 0.